The summed E-state index contributed by atoms with van der Waals surface area (Å²) < 4.78 is 5.67. The van der Waals surface area contributed by atoms with Gasteiger partial charge in [0.1, 0.15) is 0 Å². The third-order valence-electron chi connectivity index (χ3n) is 9.36. The molecule has 4 heterocycles. The van der Waals surface area contributed by atoms with E-state index in [2.05, 4.69) is 77.0 Å². The lowest BCUT2D eigenvalue weighted by atomic mass is 10.2. The number of ether oxygens (including phenoxy) is 1. The molecule has 0 saturated carbocycles. The molecule has 3 aliphatic rings. The Labute approximate surface area is 267 Å². The third-order valence-corrected chi connectivity index (χ3v) is 9.36. The van der Waals surface area contributed by atoms with Gasteiger partial charge < -0.3 is 30.1 Å². The van der Waals surface area contributed by atoms with Gasteiger partial charge in [0, 0.05) is 73.5 Å². The number of urea groups is 1. The Morgan fingerprint density at radius 2 is 1.38 bits per heavy atom. The van der Waals surface area contributed by atoms with E-state index in [0.717, 1.165) is 62.8 Å². The summed E-state index contributed by atoms with van der Waals surface area (Å²) in [5.74, 6) is 2.03. The molecule has 45 heavy (non-hydrogen) atoms. The number of hydrogen-bond donors (Lipinski definition) is 2. The zero-order chi connectivity index (χ0) is 31.5. The van der Waals surface area contributed by atoms with Crippen molar-refractivity contribution in [3.8, 4) is 11.4 Å². The van der Waals surface area contributed by atoms with Crippen LogP contribution >= 0.6 is 0 Å². The number of amides is 2. The molecule has 2 aromatic carbocycles. The van der Waals surface area contributed by atoms with Crippen LogP contribution in [0.2, 0.25) is 0 Å². The molecule has 240 valence electrons. The first-order valence-corrected chi connectivity index (χ1v) is 16.4. The van der Waals surface area contributed by atoms with E-state index in [1.165, 1.54) is 5.69 Å². The normalized spacial score (nSPS) is 22.6. The zero-order valence-corrected chi connectivity index (χ0v) is 27.2. The zero-order valence-electron chi connectivity index (χ0n) is 27.2. The monoisotopic (exact) mass is 613 g/mol. The quantitative estimate of drug-likeness (QED) is 0.367. The fraction of sp³-hybridized carbons (Fsp3) is 0.529. The third kappa shape index (κ3) is 7.15. The Morgan fingerprint density at radius 3 is 1.98 bits per heavy atom. The molecule has 3 aromatic rings. The molecule has 3 saturated heterocycles. The average molecular weight is 614 g/mol. The number of anilines is 5. The van der Waals surface area contributed by atoms with Gasteiger partial charge >= 0.3 is 6.03 Å². The maximum Gasteiger partial charge on any atom is 0.323 e. The van der Waals surface area contributed by atoms with Crippen LogP contribution in [0.1, 0.15) is 47.5 Å². The molecule has 2 amide bonds. The minimum absolute atomic E-state index is 0.178. The summed E-state index contributed by atoms with van der Waals surface area (Å²) in [4.78, 5) is 37.1. The van der Waals surface area contributed by atoms with E-state index >= 15 is 0 Å². The highest BCUT2D eigenvalue weighted by molar-refractivity contribution is 5.99. The number of nitrogens with zero attached hydrogens (tertiary/aromatic N) is 7. The molecule has 0 radical (unpaired) electrons. The molecule has 2 N–H and O–H groups in total. The van der Waals surface area contributed by atoms with Gasteiger partial charge in [0.05, 0.1) is 19.3 Å². The second kappa shape index (κ2) is 13.6. The second-order valence-electron chi connectivity index (χ2n) is 12.9. The summed E-state index contributed by atoms with van der Waals surface area (Å²) in [5.41, 5.74) is 3.49. The number of carbonyl (C=O) groups excluding carboxylic acids is 1. The first-order chi connectivity index (χ1) is 21.7. The van der Waals surface area contributed by atoms with Gasteiger partial charge in [-0.1, -0.05) is 0 Å². The highest BCUT2D eigenvalue weighted by Crippen LogP contribution is 2.31. The SMILES string of the molecule is CC(C)N1CCN(c2ccc(NC(=O)Nc3ccc(-c4nc(N5CCOCC5C)nc(N5[C@H](C)CC[C@@H]5C)n4)cc3)cc2)CC1. The number of nitrogens with one attached hydrogen (secondary N) is 2. The maximum absolute atomic E-state index is 12.8. The standard InChI is InChI=1S/C34H47N9O2/c1-23(2)40-16-18-41(19-17-40)30-14-12-29(13-15-30)36-34(44)35-28-10-8-27(9-11-28)31-37-32(42-20-21-45-22-26(42)5)39-33(38-31)43-24(3)6-7-25(43)4/h8-15,23-26H,6-7,16-22H2,1-5H3,(H2,35,36,44)/t24-,25+,26?. The number of carbonyl (C=O) groups is 1. The van der Waals surface area contributed by atoms with Crippen molar-refractivity contribution in [1.82, 2.24) is 19.9 Å². The molecule has 0 spiro atoms. The van der Waals surface area contributed by atoms with E-state index in [4.69, 9.17) is 19.7 Å². The van der Waals surface area contributed by atoms with E-state index in [1.807, 2.05) is 36.4 Å². The van der Waals surface area contributed by atoms with E-state index in [9.17, 15) is 4.79 Å². The highest BCUT2D eigenvalue weighted by Gasteiger charge is 2.32. The van der Waals surface area contributed by atoms with Crippen molar-refractivity contribution < 1.29 is 9.53 Å². The minimum atomic E-state index is -0.288. The Kier molecular flexibility index (Phi) is 9.37. The molecule has 6 rings (SSSR count). The molecule has 1 aromatic heterocycles. The van der Waals surface area contributed by atoms with E-state index in [-0.39, 0.29) is 12.1 Å². The van der Waals surface area contributed by atoms with Crippen LogP contribution in [-0.2, 0) is 4.74 Å². The van der Waals surface area contributed by atoms with Crippen molar-refractivity contribution in [1.29, 1.82) is 0 Å². The molecule has 3 aliphatic heterocycles. The Hall–Kier alpha value is -3.96. The smallest absolute Gasteiger partial charge is 0.323 e. The van der Waals surface area contributed by atoms with Crippen molar-refractivity contribution in [2.75, 3.05) is 71.3 Å². The Balaban J connectivity index is 1.12. The largest absolute Gasteiger partial charge is 0.377 e. The van der Waals surface area contributed by atoms with Crippen molar-refractivity contribution in [3.63, 3.8) is 0 Å². The van der Waals surface area contributed by atoms with Gasteiger partial charge in [0.15, 0.2) is 5.82 Å². The van der Waals surface area contributed by atoms with Crippen LogP contribution in [0.3, 0.4) is 0 Å². The van der Waals surface area contributed by atoms with Crippen LogP contribution in [-0.4, -0.2) is 96.0 Å². The summed E-state index contributed by atoms with van der Waals surface area (Å²) in [6, 6.07) is 16.9. The summed E-state index contributed by atoms with van der Waals surface area (Å²) in [7, 11) is 0. The average Bonchev–Trinajstić information content (AvgIpc) is 3.39. The Morgan fingerprint density at radius 1 is 0.778 bits per heavy atom. The number of aromatic nitrogens is 3. The highest BCUT2D eigenvalue weighted by atomic mass is 16.5. The molecular weight excluding hydrogens is 566 g/mol. The molecule has 0 bridgehead atoms. The Bertz CT molecular complexity index is 1430. The van der Waals surface area contributed by atoms with Crippen LogP contribution in [0.15, 0.2) is 48.5 Å². The lowest BCUT2D eigenvalue weighted by Crippen LogP contribution is -2.48. The summed E-state index contributed by atoms with van der Waals surface area (Å²) in [5, 5.41) is 5.90. The minimum Gasteiger partial charge on any atom is -0.377 e. The summed E-state index contributed by atoms with van der Waals surface area (Å²) >= 11 is 0. The summed E-state index contributed by atoms with van der Waals surface area (Å²) in [6.07, 6.45) is 2.24. The molecule has 11 heteroatoms. The van der Waals surface area contributed by atoms with Gasteiger partial charge in [-0.15, -0.1) is 0 Å². The van der Waals surface area contributed by atoms with Crippen molar-refractivity contribution in [2.45, 2.75) is 71.6 Å². The lowest BCUT2D eigenvalue weighted by Gasteiger charge is -2.38. The second-order valence-corrected chi connectivity index (χ2v) is 12.9. The van der Waals surface area contributed by atoms with Gasteiger partial charge in [-0.05, 0) is 96.0 Å². The number of rotatable bonds is 7. The van der Waals surface area contributed by atoms with Gasteiger partial charge in [-0.25, -0.2) is 4.79 Å². The fourth-order valence-corrected chi connectivity index (χ4v) is 6.59. The molecule has 1 unspecified atom stereocenters. The topological polar surface area (TPSA) is 102 Å². The number of piperazine rings is 1. The molecule has 11 nitrogen and oxygen atoms in total. The first kappa shape index (κ1) is 31.0. The predicted octanol–water partition coefficient (Wildman–Crippen LogP) is 5.32. The molecular formula is C34H47N9O2. The number of benzene rings is 2. The number of hydrogen-bond acceptors (Lipinski definition) is 9. The van der Waals surface area contributed by atoms with Crippen LogP contribution in [0.4, 0.5) is 33.8 Å². The number of morpholine rings is 1. The van der Waals surface area contributed by atoms with Gasteiger partial charge in [0.25, 0.3) is 0 Å². The predicted molar refractivity (Wildman–Crippen MR) is 182 cm³/mol. The van der Waals surface area contributed by atoms with Crippen LogP contribution < -0.4 is 25.3 Å². The van der Waals surface area contributed by atoms with Crippen LogP contribution in [0.5, 0.6) is 0 Å². The van der Waals surface area contributed by atoms with Crippen molar-refractivity contribution in [3.05, 3.63) is 48.5 Å². The fourth-order valence-electron chi connectivity index (χ4n) is 6.59. The van der Waals surface area contributed by atoms with E-state index in [0.29, 0.717) is 48.8 Å². The van der Waals surface area contributed by atoms with Crippen molar-refractivity contribution >= 4 is 35.0 Å². The van der Waals surface area contributed by atoms with Gasteiger partial charge in [-0.3, -0.25) is 4.90 Å². The maximum atomic E-state index is 12.8. The lowest BCUT2D eigenvalue weighted by molar-refractivity contribution is 0.0981. The van der Waals surface area contributed by atoms with Crippen LogP contribution in [0.25, 0.3) is 11.4 Å². The first-order valence-electron chi connectivity index (χ1n) is 16.4. The molecule has 3 atom stereocenters. The van der Waals surface area contributed by atoms with Crippen molar-refractivity contribution in [2.24, 2.45) is 0 Å². The van der Waals surface area contributed by atoms with Crippen LogP contribution in [0, 0.1) is 0 Å². The molecule has 3 fully saturated rings. The van der Waals surface area contributed by atoms with Gasteiger partial charge in [-0.2, -0.15) is 15.0 Å². The molecule has 0 aliphatic carbocycles. The summed E-state index contributed by atoms with van der Waals surface area (Å²) in [6.45, 7) is 17.3. The van der Waals surface area contributed by atoms with Gasteiger partial charge in [0.2, 0.25) is 11.9 Å². The van der Waals surface area contributed by atoms with E-state index < -0.39 is 0 Å². The van der Waals surface area contributed by atoms with E-state index in [1.54, 1.807) is 0 Å².